The smallest absolute Gasteiger partial charge is 0.255 e. The van der Waals surface area contributed by atoms with Crippen LogP contribution in [0, 0.1) is 17.3 Å². The Morgan fingerprint density at radius 1 is 1.12 bits per heavy atom. The van der Waals surface area contributed by atoms with E-state index < -0.39 is 11.0 Å². The SMILES string of the molecule is COCC(CC1CCCCC1)C(=O)N1CCC(O)(Cn2cc(C(=O)N(C)C)c(-c3ccccc3)cc2=O)C(C)(C)C1. The number of rotatable bonds is 9. The van der Waals surface area contributed by atoms with Crippen LogP contribution in [0.3, 0.4) is 0 Å². The van der Waals surface area contributed by atoms with Gasteiger partial charge in [-0.05, 0) is 24.3 Å². The highest BCUT2D eigenvalue weighted by Crippen LogP contribution is 2.41. The number of hydrogen-bond donors (Lipinski definition) is 1. The molecule has 2 aromatic rings. The molecule has 8 heteroatoms. The first-order chi connectivity index (χ1) is 19.5. The molecule has 1 aromatic carbocycles. The first kappa shape index (κ1) is 31.0. The molecule has 1 aliphatic carbocycles. The molecule has 4 rings (SSSR count). The molecule has 41 heavy (non-hydrogen) atoms. The molecule has 2 amide bonds. The van der Waals surface area contributed by atoms with Gasteiger partial charge in [0.1, 0.15) is 0 Å². The number of carbonyl (C=O) groups excluding carboxylic acids is 2. The lowest BCUT2D eigenvalue weighted by Crippen LogP contribution is -2.61. The van der Waals surface area contributed by atoms with E-state index in [-0.39, 0.29) is 29.8 Å². The van der Waals surface area contributed by atoms with Crippen LogP contribution < -0.4 is 5.56 Å². The lowest BCUT2D eigenvalue weighted by molar-refractivity contribution is -0.159. The summed E-state index contributed by atoms with van der Waals surface area (Å²) >= 11 is 0. The average Bonchev–Trinajstić information content (AvgIpc) is 2.95. The molecule has 2 aliphatic rings. The van der Waals surface area contributed by atoms with Gasteiger partial charge in [0, 0.05) is 57.5 Å². The van der Waals surface area contributed by atoms with E-state index in [0.29, 0.717) is 43.2 Å². The fourth-order valence-corrected chi connectivity index (χ4v) is 6.61. The molecule has 0 radical (unpaired) electrons. The first-order valence-corrected chi connectivity index (χ1v) is 15.0. The van der Waals surface area contributed by atoms with Crippen molar-refractivity contribution in [2.45, 2.75) is 70.9 Å². The number of hydrogen-bond acceptors (Lipinski definition) is 5. The average molecular weight is 566 g/mol. The number of aromatic nitrogens is 1. The molecule has 224 valence electrons. The summed E-state index contributed by atoms with van der Waals surface area (Å²) in [5.41, 5.74) is -0.465. The fourth-order valence-electron chi connectivity index (χ4n) is 6.61. The molecule has 8 nitrogen and oxygen atoms in total. The monoisotopic (exact) mass is 565 g/mol. The van der Waals surface area contributed by atoms with E-state index in [9.17, 15) is 19.5 Å². The highest BCUT2D eigenvalue weighted by atomic mass is 16.5. The molecule has 1 aliphatic heterocycles. The molecular formula is C33H47N3O5. The number of likely N-dealkylation sites (tertiary alicyclic amines) is 1. The van der Waals surface area contributed by atoms with Crippen LogP contribution in [0.15, 0.2) is 47.4 Å². The third-order valence-electron chi connectivity index (χ3n) is 9.29. The third kappa shape index (κ3) is 6.92. The minimum absolute atomic E-state index is 0.0349. The second-order valence-corrected chi connectivity index (χ2v) is 12.9. The Labute approximate surface area is 244 Å². The number of aliphatic hydroxyl groups is 1. The van der Waals surface area contributed by atoms with Gasteiger partial charge in [0.05, 0.1) is 30.2 Å². The van der Waals surface area contributed by atoms with Crippen LogP contribution in [-0.2, 0) is 16.1 Å². The van der Waals surface area contributed by atoms with E-state index in [0.717, 1.165) is 12.0 Å². The van der Waals surface area contributed by atoms with E-state index in [4.69, 9.17) is 4.74 Å². The van der Waals surface area contributed by atoms with Crippen LogP contribution in [0.2, 0.25) is 0 Å². The topological polar surface area (TPSA) is 92.1 Å². The number of ether oxygens (including phenoxy) is 1. The molecule has 0 bridgehead atoms. The molecule has 2 unspecified atom stereocenters. The first-order valence-electron chi connectivity index (χ1n) is 15.0. The zero-order valence-corrected chi connectivity index (χ0v) is 25.4. The standard InChI is InChI=1S/C33H47N3O5/c1-32(2)22-35(30(38)26(21-41-5)18-24-12-8-6-9-13-24)17-16-33(32,40)23-36-20-28(31(39)34(3)4)27(19-29(36)37)25-14-10-7-11-15-25/h7,10-11,14-15,19-20,24,26,40H,6,8-9,12-13,16-18,21-23H2,1-5H3. The zero-order chi connectivity index (χ0) is 29.8. The number of piperidine rings is 1. The summed E-state index contributed by atoms with van der Waals surface area (Å²) in [4.78, 5) is 43.6. The molecule has 2 atom stereocenters. The normalized spacial score (nSPS) is 21.9. The van der Waals surface area contributed by atoms with Crippen molar-refractivity contribution in [3.8, 4) is 11.1 Å². The summed E-state index contributed by atoms with van der Waals surface area (Å²) in [6.07, 6.45) is 8.85. The molecule has 1 saturated carbocycles. The van der Waals surface area contributed by atoms with Crippen molar-refractivity contribution in [1.82, 2.24) is 14.4 Å². The Bertz CT molecular complexity index is 1270. The lowest BCUT2D eigenvalue weighted by Gasteiger charge is -2.51. The van der Waals surface area contributed by atoms with Crippen molar-refractivity contribution in [2.24, 2.45) is 17.3 Å². The van der Waals surface area contributed by atoms with E-state index in [2.05, 4.69) is 0 Å². The van der Waals surface area contributed by atoms with Crippen LogP contribution in [0.25, 0.3) is 11.1 Å². The summed E-state index contributed by atoms with van der Waals surface area (Å²) in [7, 11) is 5.01. The summed E-state index contributed by atoms with van der Waals surface area (Å²) in [6, 6.07) is 10.9. The van der Waals surface area contributed by atoms with Crippen LogP contribution >= 0.6 is 0 Å². The van der Waals surface area contributed by atoms with Crippen molar-refractivity contribution in [1.29, 1.82) is 0 Å². The Hall–Kier alpha value is -2.97. The number of pyridine rings is 1. The Kier molecular flexibility index (Phi) is 9.75. The second kappa shape index (κ2) is 12.9. The van der Waals surface area contributed by atoms with Gasteiger partial charge in [-0.15, -0.1) is 0 Å². The lowest BCUT2D eigenvalue weighted by atomic mass is 9.69. The van der Waals surface area contributed by atoms with Gasteiger partial charge in [-0.1, -0.05) is 76.3 Å². The Morgan fingerprint density at radius 2 is 1.80 bits per heavy atom. The van der Waals surface area contributed by atoms with E-state index in [1.54, 1.807) is 27.4 Å². The molecular weight excluding hydrogens is 518 g/mol. The summed E-state index contributed by atoms with van der Waals surface area (Å²) in [5, 5.41) is 12.0. The third-order valence-corrected chi connectivity index (χ3v) is 9.29. The Balaban J connectivity index is 1.56. The maximum Gasteiger partial charge on any atom is 0.255 e. The molecule has 1 saturated heterocycles. The van der Waals surface area contributed by atoms with Crippen LogP contribution in [0.1, 0.15) is 69.2 Å². The van der Waals surface area contributed by atoms with Crippen molar-refractivity contribution < 1.29 is 19.4 Å². The molecule has 2 fully saturated rings. The van der Waals surface area contributed by atoms with Crippen LogP contribution in [0.4, 0.5) is 0 Å². The number of carbonyl (C=O) groups is 2. The fraction of sp³-hybridized carbons (Fsp3) is 0.606. The van der Waals surface area contributed by atoms with Gasteiger partial charge in [0.15, 0.2) is 0 Å². The number of amides is 2. The predicted octanol–water partition coefficient (Wildman–Crippen LogP) is 4.44. The van der Waals surface area contributed by atoms with E-state index in [1.165, 1.54) is 47.6 Å². The van der Waals surface area contributed by atoms with Crippen molar-refractivity contribution in [3.63, 3.8) is 0 Å². The number of methoxy groups -OCH3 is 1. The van der Waals surface area contributed by atoms with Gasteiger partial charge in [0.2, 0.25) is 5.91 Å². The maximum atomic E-state index is 13.7. The molecule has 0 spiro atoms. The van der Waals surface area contributed by atoms with Gasteiger partial charge in [-0.2, -0.15) is 0 Å². The van der Waals surface area contributed by atoms with Gasteiger partial charge in [-0.25, -0.2) is 0 Å². The quantitative estimate of drug-likeness (QED) is 0.486. The van der Waals surface area contributed by atoms with Crippen molar-refractivity contribution in [3.05, 3.63) is 58.5 Å². The Morgan fingerprint density at radius 3 is 2.41 bits per heavy atom. The largest absolute Gasteiger partial charge is 0.387 e. The van der Waals surface area contributed by atoms with Crippen LogP contribution in [-0.4, -0.2) is 77.8 Å². The summed E-state index contributed by atoms with van der Waals surface area (Å²) in [5.74, 6) is 0.257. The summed E-state index contributed by atoms with van der Waals surface area (Å²) in [6.45, 7) is 5.13. The number of nitrogens with zero attached hydrogens (tertiary/aromatic N) is 3. The van der Waals surface area contributed by atoms with Crippen molar-refractivity contribution in [2.75, 3.05) is 40.9 Å². The highest BCUT2D eigenvalue weighted by molar-refractivity contribution is 6.00. The zero-order valence-electron chi connectivity index (χ0n) is 25.4. The van der Waals surface area contributed by atoms with E-state index in [1.807, 2.05) is 49.1 Å². The van der Waals surface area contributed by atoms with Gasteiger partial charge in [0.25, 0.3) is 11.5 Å². The number of benzene rings is 1. The summed E-state index contributed by atoms with van der Waals surface area (Å²) < 4.78 is 6.92. The van der Waals surface area contributed by atoms with Crippen LogP contribution in [0.5, 0.6) is 0 Å². The highest BCUT2D eigenvalue weighted by Gasteiger charge is 2.49. The molecule has 1 N–H and O–H groups in total. The maximum absolute atomic E-state index is 13.7. The van der Waals surface area contributed by atoms with Gasteiger partial charge >= 0.3 is 0 Å². The minimum atomic E-state index is -1.25. The second-order valence-electron chi connectivity index (χ2n) is 12.9. The minimum Gasteiger partial charge on any atom is -0.387 e. The van der Waals surface area contributed by atoms with Gasteiger partial charge in [-0.3, -0.25) is 14.4 Å². The predicted molar refractivity (Wildman–Crippen MR) is 161 cm³/mol. The van der Waals surface area contributed by atoms with Crippen molar-refractivity contribution >= 4 is 11.8 Å². The molecule has 1 aromatic heterocycles. The molecule has 2 heterocycles. The van der Waals surface area contributed by atoms with Gasteiger partial charge < -0.3 is 24.2 Å². The van der Waals surface area contributed by atoms with E-state index >= 15 is 0 Å².